The van der Waals surface area contributed by atoms with E-state index < -0.39 is 0 Å². The van der Waals surface area contributed by atoms with Crippen molar-refractivity contribution < 1.29 is 9.53 Å². The van der Waals surface area contributed by atoms with Crippen LogP contribution in [0, 0.1) is 0 Å². The van der Waals surface area contributed by atoms with E-state index in [1.165, 1.54) is 0 Å². The van der Waals surface area contributed by atoms with Crippen molar-refractivity contribution in [2.24, 2.45) is 0 Å². The molecule has 0 atom stereocenters. The lowest BCUT2D eigenvalue weighted by molar-refractivity contribution is -0.123. The normalized spacial score (nSPS) is 10.8. The van der Waals surface area contributed by atoms with Crippen LogP contribution < -0.4 is 10.1 Å². The van der Waals surface area contributed by atoms with E-state index in [1.807, 2.05) is 35.0 Å². The lowest BCUT2D eigenvalue weighted by Crippen LogP contribution is -2.30. The molecule has 0 radical (unpaired) electrons. The monoisotopic (exact) mass is 363 g/mol. The number of amides is 1. The van der Waals surface area contributed by atoms with Crippen molar-refractivity contribution in [2.45, 2.75) is 6.42 Å². The highest BCUT2D eigenvalue weighted by molar-refractivity contribution is 6.42. The minimum atomic E-state index is -0.204. The van der Waals surface area contributed by atoms with E-state index >= 15 is 0 Å². The van der Waals surface area contributed by atoms with Gasteiger partial charge >= 0.3 is 0 Å². The second kappa shape index (κ2) is 7.55. The minimum absolute atomic E-state index is 0.0802. The molecule has 24 heavy (non-hydrogen) atoms. The van der Waals surface area contributed by atoms with Crippen molar-refractivity contribution in [1.29, 1.82) is 0 Å². The molecule has 0 spiro atoms. The van der Waals surface area contributed by atoms with Gasteiger partial charge in [0, 0.05) is 31.4 Å². The first kappa shape index (κ1) is 16.6. The number of nitrogens with zero attached hydrogens (tertiary/aromatic N) is 2. The summed E-state index contributed by atoms with van der Waals surface area (Å²) in [6, 6.07) is 10.7. The van der Waals surface area contributed by atoms with E-state index in [2.05, 4.69) is 10.3 Å². The number of rotatable bonds is 6. The summed E-state index contributed by atoms with van der Waals surface area (Å²) in [7, 11) is 0. The first-order valence-corrected chi connectivity index (χ1v) is 8.14. The van der Waals surface area contributed by atoms with E-state index in [0.717, 1.165) is 11.3 Å². The maximum Gasteiger partial charge on any atom is 0.257 e. The molecule has 0 aliphatic rings. The van der Waals surface area contributed by atoms with Gasteiger partial charge in [0.1, 0.15) is 11.4 Å². The van der Waals surface area contributed by atoms with Gasteiger partial charge in [0.15, 0.2) is 6.61 Å². The average molecular weight is 364 g/mol. The van der Waals surface area contributed by atoms with Crippen molar-refractivity contribution >= 4 is 34.8 Å². The van der Waals surface area contributed by atoms with Crippen LogP contribution in [0.5, 0.6) is 5.75 Å². The number of halogens is 2. The molecule has 1 N–H and O–H groups in total. The zero-order chi connectivity index (χ0) is 16.9. The van der Waals surface area contributed by atoms with Gasteiger partial charge in [0.25, 0.3) is 5.91 Å². The standard InChI is InChI=1S/C17H15Cl2N3O2/c18-14-5-4-13(9-15(14)19)24-11-17(23)20-7-6-12-10-22-8-2-1-3-16(22)21-12/h1-5,8-10H,6-7,11H2,(H,20,23). The van der Waals surface area contributed by atoms with Gasteiger partial charge < -0.3 is 14.5 Å². The number of ether oxygens (including phenoxy) is 1. The highest BCUT2D eigenvalue weighted by Crippen LogP contribution is 2.26. The van der Waals surface area contributed by atoms with Crippen molar-refractivity contribution in [3.63, 3.8) is 0 Å². The molecule has 1 aromatic carbocycles. The summed E-state index contributed by atoms with van der Waals surface area (Å²) in [4.78, 5) is 16.3. The Kier molecular flexibility index (Phi) is 5.23. The summed E-state index contributed by atoms with van der Waals surface area (Å²) in [6.45, 7) is 0.413. The summed E-state index contributed by atoms with van der Waals surface area (Å²) in [5.74, 6) is 0.296. The number of carbonyl (C=O) groups is 1. The van der Waals surface area contributed by atoms with Crippen molar-refractivity contribution in [3.05, 3.63) is 64.5 Å². The Morgan fingerprint density at radius 3 is 2.88 bits per heavy atom. The highest BCUT2D eigenvalue weighted by Gasteiger charge is 2.06. The van der Waals surface area contributed by atoms with Gasteiger partial charge in [-0.2, -0.15) is 0 Å². The molecule has 124 valence electrons. The van der Waals surface area contributed by atoms with Gasteiger partial charge in [-0.25, -0.2) is 4.98 Å². The summed E-state index contributed by atoms with van der Waals surface area (Å²) in [5, 5.41) is 3.63. The maximum absolute atomic E-state index is 11.8. The second-order valence-electron chi connectivity index (χ2n) is 5.16. The van der Waals surface area contributed by atoms with Gasteiger partial charge in [-0.05, 0) is 24.3 Å². The fourth-order valence-corrected chi connectivity index (χ4v) is 2.49. The fraction of sp³-hybridized carbons (Fsp3) is 0.176. The molecule has 7 heteroatoms. The third-order valence-corrected chi connectivity index (χ3v) is 4.12. The molecule has 0 bridgehead atoms. The lowest BCUT2D eigenvalue weighted by Gasteiger charge is -2.07. The molecular weight excluding hydrogens is 349 g/mol. The third kappa shape index (κ3) is 4.19. The molecule has 0 saturated heterocycles. The van der Waals surface area contributed by atoms with Gasteiger partial charge in [-0.3, -0.25) is 4.79 Å². The zero-order valence-electron chi connectivity index (χ0n) is 12.7. The van der Waals surface area contributed by atoms with Gasteiger partial charge in [0.2, 0.25) is 0 Å². The second-order valence-corrected chi connectivity index (χ2v) is 5.98. The topological polar surface area (TPSA) is 55.6 Å². The molecule has 0 unspecified atom stereocenters. The predicted octanol–water partition coefficient (Wildman–Crippen LogP) is 3.38. The Morgan fingerprint density at radius 2 is 2.08 bits per heavy atom. The number of pyridine rings is 1. The maximum atomic E-state index is 11.8. The smallest absolute Gasteiger partial charge is 0.257 e. The van der Waals surface area contributed by atoms with E-state index in [9.17, 15) is 4.79 Å². The number of hydrogen-bond donors (Lipinski definition) is 1. The fourth-order valence-electron chi connectivity index (χ4n) is 2.20. The van der Waals surface area contributed by atoms with Crippen LogP contribution in [-0.4, -0.2) is 28.4 Å². The first-order chi connectivity index (χ1) is 11.6. The molecular formula is C17H15Cl2N3O2. The average Bonchev–Trinajstić information content (AvgIpc) is 2.98. The van der Waals surface area contributed by atoms with Gasteiger partial charge in [-0.15, -0.1) is 0 Å². The summed E-state index contributed by atoms with van der Waals surface area (Å²) >= 11 is 11.7. The summed E-state index contributed by atoms with van der Waals surface area (Å²) in [5.41, 5.74) is 1.81. The van der Waals surface area contributed by atoms with Crippen LogP contribution in [-0.2, 0) is 11.2 Å². The summed E-state index contributed by atoms with van der Waals surface area (Å²) < 4.78 is 7.33. The summed E-state index contributed by atoms with van der Waals surface area (Å²) in [6.07, 6.45) is 4.55. The number of hydrogen-bond acceptors (Lipinski definition) is 3. The van der Waals surface area contributed by atoms with Crippen LogP contribution in [0.25, 0.3) is 5.65 Å². The molecule has 1 amide bonds. The molecule has 0 aliphatic carbocycles. The minimum Gasteiger partial charge on any atom is -0.484 e. The van der Waals surface area contributed by atoms with Gasteiger partial charge in [-0.1, -0.05) is 29.3 Å². The molecule has 0 fully saturated rings. The van der Waals surface area contributed by atoms with E-state index in [1.54, 1.807) is 18.2 Å². The quantitative estimate of drug-likeness (QED) is 0.730. The Hall–Kier alpha value is -2.24. The lowest BCUT2D eigenvalue weighted by atomic mass is 10.3. The van der Waals surface area contributed by atoms with Crippen LogP contribution in [0.2, 0.25) is 10.0 Å². The van der Waals surface area contributed by atoms with E-state index in [4.69, 9.17) is 27.9 Å². The highest BCUT2D eigenvalue weighted by atomic mass is 35.5. The number of fused-ring (bicyclic) bond motifs is 1. The number of nitrogens with one attached hydrogen (secondary N) is 1. The molecule has 0 aliphatic heterocycles. The Morgan fingerprint density at radius 1 is 1.21 bits per heavy atom. The van der Waals surface area contributed by atoms with E-state index in [0.29, 0.717) is 28.8 Å². The van der Waals surface area contributed by atoms with Crippen LogP contribution in [0.1, 0.15) is 5.69 Å². The predicted molar refractivity (Wildman–Crippen MR) is 93.9 cm³/mol. The molecule has 2 aromatic heterocycles. The molecule has 3 aromatic rings. The van der Waals surface area contributed by atoms with Crippen LogP contribution in [0.15, 0.2) is 48.8 Å². The Labute approximate surface area is 149 Å². The zero-order valence-corrected chi connectivity index (χ0v) is 14.2. The molecule has 0 saturated carbocycles. The number of aromatic nitrogens is 2. The van der Waals surface area contributed by atoms with Crippen LogP contribution >= 0.6 is 23.2 Å². The molecule has 5 nitrogen and oxygen atoms in total. The number of imidazole rings is 1. The van der Waals surface area contributed by atoms with E-state index in [-0.39, 0.29) is 12.5 Å². The Balaban J connectivity index is 1.44. The first-order valence-electron chi connectivity index (χ1n) is 7.39. The number of carbonyl (C=O) groups excluding carboxylic acids is 1. The van der Waals surface area contributed by atoms with Crippen molar-refractivity contribution in [2.75, 3.05) is 13.2 Å². The van der Waals surface area contributed by atoms with Crippen molar-refractivity contribution in [1.82, 2.24) is 14.7 Å². The van der Waals surface area contributed by atoms with Crippen LogP contribution in [0.4, 0.5) is 0 Å². The number of benzene rings is 1. The third-order valence-electron chi connectivity index (χ3n) is 3.38. The Bertz CT molecular complexity index is 831. The SMILES string of the molecule is O=C(COc1ccc(Cl)c(Cl)c1)NCCc1cn2ccccc2n1. The largest absolute Gasteiger partial charge is 0.484 e. The molecule has 2 heterocycles. The van der Waals surface area contributed by atoms with Crippen molar-refractivity contribution in [3.8, 4) is 5.75 Å². The van der Waals surface area contributed by atoms with Crippen LogP contribution in [0.3, 0.4) is 0 Å². The van der Waals surface area contributed by atoms with Gasteiger partial charge in [0.05, 0.1) is 15.7 Å². The molecule has 3 rings (SSSR count).